The van der Waals surface area contributed by atoms with Gasteiger partial charge in [-0.1, -0.05) is 6.42 Å². The summed E-state index contributed by atoms with van der Waals surface area (Å²) < 4.78 is 0. The standard InChI is InChI=1S/C14H20N2O3/c1-16-7-3-2-4-11(16)9-15-14(19)10-5-6-12(17)13(18)8-10/h5-6,8,11,17-18H,2-4,7,9H2,1H3,(H,15,19). The van der Waals surface area contributed by atoms with Crippen LogP contribution >= 0.6 is 0 Å². The monoisotopic (exact) mass is 264 g/mol. The fourth-order valence-electron chi connectivity index (χ4n) is 2.38. The van der Waals surface area contributed by atoms with Crippen molar-refractivity contribution in [1.29, 1.82) is 0 Å². The molecule has 1 saturated heterocycles. The molecular formula is C14H20N2O3. The van der Waals surface area contributed by atoms with E-state index in [-0.39, 0.29) is 17.4 Å². The second kappa shape index (κ2) is 5.93. The molecule has 1 unspecified atom stereocenters. The van der Waals surface area contributed by atoms with E-state index < -0.39 is 0 Å². The van der Waals surface area contributed by atoms with Crippen LogP contribution in [0.15, 0.2) is 18.2 Å². The van der Waals surface area contributed by atoms with Crippen LogP contribution in [-0.4, -0.2) is 47.2 Å². The number of likely N-dealkylation sites (tertiary alicyclic amines) is 1. The van der Waals surface area contributed by atoms with Crippen LogP contribution in [0.4, 0.5) is 0 Å². The Kier molecular flexibility index (Phi) is 4.27. The second-order valence-corrected chi connectivity index (χ2v) is 5.04. The number of phenolic OH excluding ortho intramolecular Hbond substituents is 2. The predicted octanol–water partition coefficient (Wildman–Crippen LogP) is 1.31. The zero-order valence-corrected chi connectivity index (χ0v) is 11.1. The van der Waals surface area contributed by atoms with Crippen LogP contribution in [0.25, 0.3) is 0 Å². The molecule has 0 bridgehead atoms. The van der Waals surface area contributed by atoms with Gasteiger partial charge in [0.05, 0.1) is 0 Å². The minimum atomic E-state index is -0.276. The van der Waals surface area contributed by atoms with Gasteiger partial charge in [-0.2, -0.15) is 0 Å². The summed E-state index contributed by atoms with van der Waals surface area (Å²) in [6, 6.07) is 4.46. The number of nitrogens with one attached hydrogen (secondary N) is 1. The van der Waals surface area contributed by atoms with Crippen molar-refractivity contribution >= 4 is 5.91 Å². The first-order valence-corrected chi connectivity index (χ1v) is 6.58. The van der Waals surface area contributed by atoms with Crippen LogP contribution < -0.4 is 5.32 Å². The minimum absolute atomic E-state index is 0.219. The SMILES string of the molecule is CN1CCCCC1CNC(=O)c1ccc(O)c(O)c1. The van der Waals surface area contributed by atoms with Gasteiger partial charge >= 0.3 is 0 Å². The van der Waals surface area contributed by atoms with Gasteiger partial charge in [-0.15, -0.1) is 0 Å². The van der Waals surface area contributed by atoms with Gasteiger partial charge in [0, 0.05) is 18.2 Å². The minimum Gasteiger partial charge on any atom is -0.504 e. The lowest BCUT2D eigenvalue weighted by Gasteiger charge is -2.32. The van der Waals surface area contributed by atoms with Crippen molar-refractivity contribution in [2.45, 2.75) is 25.3 Å². The molecule has 5 heteroatoms. The summed E-state index contributed by atoms with van der Waals surface area (Å²) in [5.41, 5.74) is 0.355. The molecule has 0 saturated carbocycles. The van der Waals surface area contributed by atoms with Gasteiger partial charge in [-0.05, 0) is 44.6 Å². The maximum atomic E-state index is 11.9. The zero-order chi connectivity index (χ0) is 13.8. The number of carbonyl (C=O) groups is 1. The average Bonchev–Trinajstić information content (AvgIpc) is 2.40. The molecule has 19 heavy (non-hydrogen) atoms. The quantitative estimate of drug-likeness (QED) is 0.720. The number of hydrogen-bond acceptors (Lipinski definition) is 4. The summed E-state index contributed by atoms with van der Waals surface area (Å²) in [5.74, 6) is -0.722. The smallest absolute Gasteiger partial charge is 0.251 e. The highest BCUT2D eigenvalue weighted by atomic mass is 16.3. The zero-order valence-electron chi connectivity index (χ0n) is 11.1. The van der Waals surface area contributed by atoms with Crippen molar-refractivity contribution in [3.05, 3.63) is 23.8 Å². The third kappa shape index (κ3) is 3.38. The summed E-state index contributed by atoms with van der Waals surface area (Å²) in [7, 11) is 2.07. The van der Waals surface area contributed by atoms with Crippen molar-refractivity contribution in [3.8, 4) is 11.5 Å². The summed E-state index contributed by atoms with van der Waals surface area (Å²) in [5, 5.41) is 21.4. The highest BCUT2D eigenvalue weighted by Crippen LogP contribution is 2.24. The first-order chi connectivity index (χ1) is 9.08. The van der Waals surface area contributed by atoms with Gasteiger partial charge in [0.25, 0.3) is 5.91 Å². The third-order valence-corrected chi connectivity index (χ3v) is 3.66. The number of likely N-dealkylation sites (N-methyl/N-ethyl adjacent to an activating group) is 1. The Balaban J connectivity index is 1.91. The molecule has 2 rings (SSSR count). The molecule has 1 heterocycles. The fraction of sp³-hybridized carbons (Fsp3) is 0.500. The normalized spacial score (nSPS) is 20.2. The van der Waals surface area contributed by atoms with Crippen LogP contribution in [-0.2, 0) is 0 Å². The van der Waals surface area contributed by atoms with Crippen LogP contribution in [0.2, 0.25) is 0 Å². The van der Waals surface area contributed by atoms with Crippen LogP contribution in [0, 0.1) is 0 Å². The molecule has 1 aromatic carbocycles. The Labute approximate surface area is 112 Å². The summed E-state index contributed by atoms with van der Waals surface area (Å²) >= 11 is 0. The molecule has 1 aliphatic rings. The number of nitrogens with zero attached hydrogens (tertiary/aromatic N) is 1. The van der Waals surface area contributed by atoms with Crippen molar-refractivity contribution in [1.82, 2.24) is 10.2 Å². The van der Waals surface area contributed by atoms with E-state index in [4.69, 9.17) is 0 Å². The van der Waals surface area contributed by atoms with Gasteiger partial charge in [-0.3, -0.25) is 4.79 Å². The van der Waals surface area contributed by atoms with Crippen molar-refractivity contribution in [2.75, 3.05) is 20.1 Å². The van der Waals surface area contributed by atoms with E-state index in [1.807, 2.05) is 0 Å². The van der Waals surface area contributed by atoms with Crippen molar-refractivity contribution < 1.29 is 15.0 Å². The van der Waals surface area contributed by atoms with Crippen molar-refractivity contribution in [2.24, 2.45) is 0 Å². The highest BCUT2D eigenvalue weighted by Gasteiger charge is 2.19. The van der Waals surface area contributed by atoms with Crippen molar-refractivity contribution in [3.63, 3.8) is 0 Å². The number of rotatable bonds is 3. The molecule has 1 atom stereocenters. The average molecular weight is 264 g/mol. The number of amides is 1. The molecule has 1 aliphatic heterocycles. The summed E-state index contributed by atoms with van der Waals surface area (Å²) in [4.78, 5) is 14.2. The van der Waals surface area contributed by atoms with E-state index in [9.17, 15) is 15.0 Å². The van der Waals surface area contributed by atoms with E-state index in [2.05, 4.69) is 17.3 Å². The van der Waals surface area contributed by atoms with E-state index in [0.717, 1.165) is 13.0 Å². The first-order valence-electron chi connectivity index (χ1n) is 6.58. The predicted molar refractivity (Wildman–Crippen MR) is 72.4 cm³/mol. The van der Waals surface area contributed by atoms with Gasteiger partial charge in [-0.25, -0.2) is 0 Å². The molecule has 1 aromatic rings. The molecule has 1 fully saturated rings. The lowest BCUT2D eigenvalue weighted by atomic mass is 10.0. The lowest BCUT2D eigenvalue weighted by Crippen LogP contribution is -2.44. The number of phenols is 2. The Morgan fingerprint density at radius 1 is 1.37 bits per heavy atom. The molecule has 0 aliphatic carbocycles. The largest absolute Gasteiger partial charge is 0.504 e. The maximum absolute atomic E-state index is 11.9. The Hall–Kier alpha value is -1.75. The number of aromatic hydroxyl groups is 2. The first kappa shape index (κ1) is 13.7. The summed E-state index contributed by atoms with van der Waals surface area (Å²) in [6.45, 7) is 1.68. The molecule has 1 amide bonds. The topological polar surface area (TPSA) is 72.8 Å². The van der Waals surface area contributed by atoms with Gasteiger partial charge in [0.2, 0.25) is 0 Å². The van der Waals surface area contributed by atoms with Gasteiger partial charge < -0.3 is 20.4 Å². The van der Waals surface area contributed by atoms with Crippen LogP contribution in [0.1, 0.15) is 29.6 Å². The summed E-state index contributed by atoms with van der Waals surface area (Å²) in [6.07, 6.45) is 3.51. The number of benzene rings is 1. The Morgan fingerprint density at radius 3 is 2.84 bits per heavy atom. The van der Waals surface area contributed by atoms with Gasteiger partial charge in [0.1, 0.15) is 0 Å². The Bertz CT molecular complexity index is 462. The third-order valence-electron chi connectivity index (χ3n) is 3.66. The van der Waals surface area contributed by atoms with E-state index in [0.29, 0.717) is 18.2 Å². The molecule has 3 N–H and O–H groups in total. The van der Waals surface area contributed by atoms with E-state index in [1.54, 1.807) is 0 Å². The molecule has 0 aromatic heterocycles. The lowest BCUT2D eigenvalue weighted by molar-refractivity contribution is 0.0928. The van der Waals surface area contributed by atoms with Gasteiger partial charge in [0.15, 0.2) is 11.5 Å². The molecule has 0 spiro atoms. The second-order valence-electron chi connectivity index (χ2n) is 5.04. The van der Waals surface area contributed by atoms with E-state index >= 15 is 0 Å². The number of hydrogen-bond donors (Lipinski definition) is 3. The molecule has 104 valence electrons. The number of piperidine rings is 1. The van der Waals surface area contributed by atoms with Crippen LogP contribution in [0.3, 0.4) is 0 Å². The molecule has 0 radical (unpaired) electrons. The maximum Gasteiger partial charge on any atom is 0.251 e. The highest BCUT2D eigenvalue weighted by molar-refractivity contribution is 5.94. The molecular weight excluding hydrogens is 244 g/mol. The van der Waals surface area contributed by atoms with E-state index in [1.165, 1.54) is 31.0 Å². The molecule has 5 nitrogen and oxygen atoms in total. The number of carbonyl (C=O) groups excluding carboxylic acids is 1. The Morgan fingerprint density at radius 2 is 2.16 bits per heavy atom. The fourth-order valence-corrected chi connectivity index (χ4v) is 2.38. The van der Waals surface area contributed by atoms with Crippen LogP contribution in [0.5, 0.6) is 11.5 Å².